The molecule has 8 nitrogen and oxygen atoms in total. The molecule has 0 radical (unpaired) electrons. The molecular formula is C18H19N3O5. The van der Waals surface area contributed by atoms with Gasteiger partial charge in [-0.3, -0.25) is 9.59 Å². The second kappa shape index (κ2) is 7.49. The van der Waals surface area contributed by atoms with E-state index in [2.05, 4.69) is 5.10 Å². The number of aromatic nitrogens is 2. The van der Waals surface area contributed by atoms with E-state index in [1.165, 1.54) is 28.8 Å². The molecule has 1 amide bonds. The van der Waals surface area contributed by atoms with Crippen molar-refractivity contribution >= 4 is 11.9 Å². The van der Waals surface area contributed by atoms with Crippen molar-refractivity contribution in [2.24, 2.45) is 0 Å². The molecule has 0 bridgehead atoms. The smallest absolute Gasteiger partial charge is 0.326 e. The Balaban J connectivity index is 1.87. The molecule has 3 rings (SSSR count). The van der Waals surface area contributed by atoms with Crippen molar-refractivity contribution in [1.29, 1.82) is 0 Å². The van der Waals surface area contributed by atoms with E-state index >= 15 is 0 Å². The van der Waals surface area contributed by atoms with E-state index in [-0.39, 0.29) is 36.9 Å². The van der Waals surface area contributed by atoms with E-state index in [1.54, 1.807) is 0 Å². The predicted octanol–water partition coefficient (Wildman–Crippen LogP) is 0.606. The summed E-state index contributed by atoms with van der Waals surface area (Å²) < 4.78 is 6.39. The number of amides is 1. The van der Waals surface area contributed by atoms with Gasteiger partial charge in [0, 0.05) is 26.1 Å². The summed E-state index contributed by atoms with van der Waals surface area (Å²) in [5.74, 6) is -1.62. The summed E-state index contributed by atoms with van der Waals surface area (Å²) in [5, 5.41) is 13.5. The van der Waals surface area contributed by atoms with Gasteiger partial charge in [-0.25, -0.2) is 9.48 Å². The molecule has 1 aromatic heterocycles. The maximum atomic E-state index is 12.8. The van der Waals surface area contributed by atoms with Crippen LogP contribution in [0.25, 0.3) is 0 Å². The predicted molar refractivity (Wildman–Crippen MR) is 91.9 cm³/mol. The lowest BCUT2D eigenvalue weighted by atomic mass is 10.2. The number of nitrogens with zero attached hydrogens (tertiary/aromatic N) is 3. The molecule has 26 heavy (non-hydrogen) atoms. The van der Waals surface area contributed by atoms with Gasteiger partial charge >= 0.3 is 5.97 Å². The first-order chi connectivity index (χ1) is 12.5. The fraction of sp³-hybridized carbons (Fsp3) is 0.333. The number of aliphatic carboxylic acids is 1. The van der Waals surface area contributed by atoms with Crippen molar-refractivity contribution in [3.63, 3.8) is 0 Å². The average Bonchev–Trinajstić information content (AvgIpc) is 3.08. The van der Waals surface area contributed by atoms with Crippen molar-refractivity contribution in [2.45, 2.75) is 25.1 Å². The summed E-state index contributed by atoms with van der Waals surface area (Å²) in [4.78, 5) is 37.5. The van der Waals surface area contributed by atoms with Crippen LogP contribution in [0, 0.1) is 0 Å². The van der Waals surface area contributed by atoms with Crippen LogP contribution in [0.1, 0.15) is 22.5 Å². The van der Waals surface area contributed by atoms with Crippen molar-refractivity contribution in [1.82, 2.24) is 14.7 Å². The Morgan fingerprint density at radius 1 is 1.23 bits per heavy atom. The molecule has 136 valence electrons. The number of methoxy groups -OCH3 is 1. The minimum Gasteiger partial charge on any atom is -0.480 e. The lowest BCUT2D eigenvalue weighted by Gasteiger charge is -2.21. The SMILES string of the molecule is COC1CC(C(=O)O)N(C(=O)c2ccc(=O)n(Cc3ccccc3)n2)C1. The zero-order chi connectivity index (χ0) is 18.7. The summed E-state index contributed by atoms with van der Waals surface area (Å²) in [6, 6.07) is 10.9. The third kappa shape index (κ3) is 3.65. The number of ether oxygens (including phenoxy) is 1. The monoisotopic (exact) mass is 357 g/mol. The Morgan fingerprint density at radius 3 is 2.62 bits per heavy atom. The maximum Gasteiger partial charge on any atom is 0.326 e. The van der Waals surface area contributed by atoms with Crippen LogP contribution in [0.3, 0.4) is 0 Å². The Hall–Kier alpha value is -3.00. The van der Waals surface area contributed by atoms with Crippen molar-refractivity contribution in [2.75, 3.05) is 13.7 Å². The van der Waals surface area contributed by atoms with E-state index in [1.807, 2.05) is 30.3 Å². The molecule has 0 saturated carbocycles. The first-order valence-corrected chi connectivity index (χ1v) is 8.18. The normalized spacial score (nSPS) is 19.5. The van der Waals surface area contributed by atoms with Crippen LogP contribution in [0.15, 0.2) is 47.3 Å². The average molecular weight is 357 g/mol. The van der Waals surface area contributed by atoms with Gasteiger partial charge in [-0.05, 0) is 11.6 Å². The summed E-state index contributed by atoms with van der Waals surface area (Å²) >= 11 is 0. The highest BCUT2D eigenvalue weighted by Gasteiger charge is 2.40. The molecule has 2 heterocycles. The Bertz CT molecular complexity index is 865. The molecule has 8 heteroatoms. The highest BCUT2D eigenvalue weighted by atomic mass is 16.5. The van der Waals surface area contributed by atoms with Gasteiger partial charge < -0.3 is 14.7 Å². The maximum absolute atomic E-state index is 12.8. The van der Waals surface area contributed by atoms with Crippen molar-refractivity contribution < 1.29 is 19.4 Å². The number of carbonyl (C=O) groups is 2. The fourth-order valence-corrected chi connectivity index (χ4v) is 3.01. The topological polar surface area (TPSA) is 102 Å². The number of carboxylic acid groups (broad SMARTS) is 1. The van der Waals surface area contributed by atoms with Crippen LogP contribution in [0.4, 0.5) is 0 Å². The van der Waals surface area contributed by atoms with Gasteiger partial charge in [-0.15, -0.1) is 0 Å². The van der Waals surface area contributed by atoms with Gasteiger partial charge in [0.15, 0.2) is 0 Å². The summed E-state index contributed by atoms with van der Waals surface area (Å²) in [7, 11) is 1.48. The highest BCUT2D eigenvalue weighted by molar-refractivity contribution is 5.95. The van der Waals surface area contributed by atoms with Crippen LogP contribution < -0.4 is 5.56 Å². The van der Waals surface area contributed by atoms with E-state index in [0.29, 0.717) is 0 Å². The second-order valence-electron chi connectivity index (χ2n) is 6.11. The van der Waals surface area contributed by atoms with Gasteiger partial charge in [0.05, 0.1) is 12.6 Å². The lowest BCUT2D eigenvalue weighted by molar-refractivity contribution is -0.141. The third-order valence-corrected chi connectivity index (χ3v) is 4.40. The molecule has 1 aromatic carbocycles. The van der Waals surface area contributed by atoms with Gasteiger partial charge in [0.25, 0.3) is 11.5 Å². The Labute approximate surface area is 149 Å². The zero-order valence-electron chi connectivity index (χ0n) is 14.2. The van der Waals surface area contributed by atoms with Gasteiger partial charge in [0.2, 0.25) is 0 Å². The molecule has 1 aliphatic heterocycles. The molecule has 1 N–H and O–H groups in total. The standard InChI is InChI=1S/C18H19N3O5/c1-26-13-9-15(18(24)25)20(11-13)17(23)14-7-8-16(22)21(19-14)10-12-5-3-2-4-6-12/h2-8,13,15H,9-11H2,1H3,(H,24,25). The van der Waals surface area contributed by atoms with Crippen LogP contribution in [0.5, 0.6) is 0 Å². The number of carbonyl (C=O) groups excluding carboxylic acids is 1. The highest BCUT2D eigenvalue weighted by Crippen LogP contribution is 2.22. The molecule has 1 fully saturated rings. The van der Waals surface area contributed by atoms with Gasteiger partial charge in [0.1, 0.15) is 11.7 Å². The van der Waals surface area contributed by atoms with Crippen molar-refractivity contribution in [3.05, 3.63) is 64.1 Å². The minimum absolute atomic E-state index is 0.0311. The number of carboxylic acids is 1. The van der Waals surface area contributed by atoms with E-state index in [9.17, 15) is 19.5 Å². The first-order valence-electron chi connectivity index (χ1n) is 8.18. The number of hydrogen-bond donors (Lipinski definition) is 1. The van der Waals surface area contributed by atoms with Crippen LogP contribution in [0.2, 0.25) is 0 Å². The summed E-state index contributed by atoms with van der Waals surface area (Å²) in [6.45, 7) is 0.398. The third-order valence-electron chi connectivity index (χ3n) is 4.40. The van der Waals surface area contributed by atoms with E-state index in [0.717, 1.165) is 5.56 Å². The van der Waals surface area contributed by atoms with Crippen LogP contribution in [-0.4, -0.2) is 57.5 Å². The summed E-state index contributed by atoms with van der Waals surface area (Å²) in [5.41, 5.74) is 0.565. The first kappa shape index (κ1) is 17.8. The van der Waals surface area contributed by atoms with Crippen LogP contribution in [-0.2, 0) is 16.1 Å². The molecule has 0 aliphatic carbocycles. The number of likely N-dealkylation sites (tertiary alicyclic amines) is 1. The van der Waals surface area contributed by atoms with Gasteiger partial charge in [-0.1, -0.05) is 30.3 Å². The molecule has 2 atom stereocenters. The lowest BCUT2D eigenvalue weighted by Crippen LogP contribution is -2.41. The number of hydrogen-bond acceptors (Lipinski definition) is 5. The Kier molecular flexibility index (Phi) is 5.13. The number of rotatable bonds is 5. The minimum atomic E-state index is -1.09. The zero-order valence-corrected chi connectivity index (χ0v) is 14.2. The largest absolute Gasteiger partial charge is 0.480 e. The second-order valence-corrected chi connectivity index (χ2v) is 6.11. The molecular weight excluding hydrogens is 338 g/mol. The van der Waals surface area contributed by atoms with Crippen LogP contribution >= 0.6 is 0 Å². The molecule has 1 aliphatic rings. The quantitative estimate of drug-likeness (QED) is 0.841. The number of benzene rings is 1. The Morgan fingerprint density at radius 2 is 1.96 bits per heavy atom. The molecule has 0 spiro atoms. The molecule has 2 aromatic rings. The van der Waals surface area contributed by atoms with E-state index in [4.69, 9.17) is 4.74 Å². The molecule has 2 unspecified atom stereocenters. The van der Waals surface area contributed by atoms with Crippen molar-refractivity contribution in [3.8, 4) is 0 Å². The van der Waals surface area contributed by atoms with E-state index < -0.39 is 17.9 Å². The summed E-state index contributed by atoms with van der Waals surface area (Å²) in [6.07, 6.45) is -0.114. The van der Waals surface area contributed by atoms with Gasteiger partial charge in [-0.2, -0.15) is 5.10 Å². The molecule has 1 saturated heterocycles. The fourth-order valence-electron chi connectivity index (χ4n) is 3.01.